The molecule has 0 unspecified atom stereocenters. The standard InChI is InChI=1S/C13H21BrN2O/c1-13(2,9-15)6-7-16-10-4-5-12(17-3)11(14)8-10/h4-5,8,16H,6-7,9,15H2,1-3H3. The summed E-state index contributed by atoms with van der Waals surface area (Å²) in [4.78, 5) is 0. The Morgan fingerprint density at radius 1 is 1.41 bits per heavy atom. The summed E-state index contributed by atoms with van der Waals surface area (Å²) in [6.45, 7) is 5.99. The number of ether oxygens (including phenoxy) is 1. The van der Waals surface area contributed by atoms with Crippen molar-refractivity contribution in [3.8, 4) is 5.75 Å². The molecular formula is C13H21BrN2O. The van der Waals surface area contributed by atoms with E-state index in [-0.39, 0.29) is 5.41 Å². The van der Waals surface area contributed by atoms with E-state index in [2.05, 4.69) is 35.1 Å². The van der Waals surface area contributed by atoms with Crippen molar-refractivity contribution in [2.24, 2.45) is 11.1 Å². The first-order valence-electron chi connectivity index (χ1n) is 5.76. The monoisotopic (exact) mass is 300 g/mol. The normalized spacial score (nSPS) is 11.4. The van der Waals surface area contributed by atoms with Crippen LogP contribution in [0.15, 0.2) is 22.7 Å². The average Bonchev–Trinajstić information content (AvgIpc) is 2.29. The maximum Gasteiger partial charge on any atom is 0.133 e. The molecule has 0 saturated carbocycles. The van der Waals surface area contributed by atoms with Crippen molar-refractivity contribution < 1.29 is 4.74 Å². The summed E-state index contributed by atoms with van der Waals surface area (Å²) in [6, 6.07) is 5.98. The van der Waals surface area contributed by atoms with Crippen molar-refractivity contribution in [1.29, 1.82) is 0 Å². The van der Waals surface area contributed by atoms with E-state index in [4.69, 9.17) is 10.5 Å². The number of hydrogen-bond acceptors (Lipinski definition) is 3. The number of benzene rings is 1. The van der Waals surface area contributed by atoms with Gasteiger partial charge in [0.2, 0.25) is 0 Å². The van der Waals surface area contributed by atoms with Gasteiger partial charge in [-0.3, -0.25) is 0 Å². The lowest BCUT2D eigenvalue weighted by atomic mass is 9.90. The Balaban J connectivity index is 2.50. The molecule has 0 aromatic heterocycles. The third kappa shape index (κ3) is 4.56. The number of hydrogen-bond donors (Lipinski definition) is 2. The SMILES string of the molecule is COc1ccc(NCCC(C)(C)CN)cc1Br. The van der Waals surface area contributed by atoms with E-state index in [9.17, 15) is 0 Å². The number of anilines is 1. The van der Waals surface area contributed by atoms with Crippen molar-refractivity contribution in [1.82, 2.24) is 0 Å². The van der Waals surface area contributed by atoms with Crippen LogP contribution in [0.3, 0.4) is 0 Å². The summed E-state index contributed by atoms with van der Waals surface area (Å²) >= 11 is 3.47. The molecule has 1 aromatic carbocycles. The summed E-state index contributed by atoms with van der Waals surface area (Å²) in [5.41, 5.74) is 6.98. The van der Waals surface area contributed by atoms with Crippen LogP contribution in [0, 0.1) is 5.41 Å². The fourth-order valence-electron chi connectivity index (χ4n) is 1.42. The lowest BCUT2D eigenvalue weighted by Crippen LogP contribution is -2.26. The Bertz CT molecular complexity index is 366. The summed E-state index contributed by atoms with van der Waals surface area (Å²) in [6.07, 6.45) is 1.05. The first-order valence-corrected chi connectivity index (χ1v) is 6.55. The van der Waals surface area contributed by atoms with Crippen LogP contribution in [0.5, 0.6) is 5.75 Å². The van der Waals surface area contributed by atoms with E-state index in [1.54, 1.807) is 7.11 Å². The average molecular weight is 301 g/mol. The van der Waals surface area contributed by atoms with E-state index in [1.807, 2.05) is 18.2 Å². The highest BCUT2D eigenvalue weighted by molar-refractivity contribution is 9.10. The quantitative estimate of drug-likeness (QED) is 0.848. The van der Waals surface area contributed by atoms with Crippen LogP contribution in [0.1, 0.15) is 20.3 Å². The van der Waals surface area contributed by atoms with Crippen molar-refractivity contribution >= 4 is 21.6 Å². The number of nitrogens with two attached hydrogens (primary N) is 1. The van der Waals surface area contributed by atoms with E-state index >= 15 is 0 Å². The van der Waals surface area contributed by atoms with Gasteiger partial charge >= 0.3 is 0 Å². The molecule has 0 spiro atoms. The molecule has 0 aliphatic heterocycles. The Morgan fingerprint density at radius 3 is 2.65 bits per heavy atom. The van der Waals surface area contributed by atoms with Crippen LogP contribution in [0.25, 0.3) is 0 Å². The molecule has 0 amide bonds. The Labute approximate surface area is 112 Å². The maximum atomic E-state index is 5.70. The lowest BCUT2D eigenvalue weighted by Gasteiger charge is -2.22. The van der Waals surface area contributed by atoms with Crippen LogP contribution in [-0.4, -0.2) is 20.2 Å². The van der Waals surface area contributed by atoms with Crippen LogP contribution in [0.4, 0.5) is 5.69 Å². The minimum absolute atomic E-state index is 0.191. The van der Waals surface area contributed by atoms with Crippen LogP contribution in [-0.2, 0) is 0 Å². The number of methoxy groups -OCH3 is 1. The first kappa shape index (κ1) is 14.3. The highest BCUT2D eigenvalue weighted by Gasteiger charge is 2.14. The van der Waals surface area contributed by atoms with Gasteiger partial charge in [-0.05, 0) is 52.5 Å². The van der Waals surface area contributed by atoms with E-state index in [0.717, 1.165) is 28.9 Å². The molecule has 4 heteroatoms. The Kier molecular flexibility index (Phi) is 5.28. The van der Waals surface area contributed by atoms with Gasteiger partial charge in [-0.2, -0.15) is 0 Å². The molecule has 0 bridgehead atoms. The second kappa shape index (κ2) is 6.26. The van der Waals surface area contributed by atoms with Crippen molar-refractivity contribution in [3.63, 3.8) is 0 Å². The summed E-state index contributed by atoms with van der Waals surface area (Å²) in [5, 5.41) is 3.39. The third-order valence-electron chi connectivity index (χ3n) is 2.84. The number of rotatable bonds is 6. The minimum atomic E-state index is 0.191. The second-order valence-electron chi connectivity index (χ2n) is 4.89. The molecule has 1 rings (SSSR count). The molecule has 1 aromatic rings. The van der Waals surface area contributed by atoms with Gasteiger partial charge in [-0.15, -0.1) is 0 Å². The number of halogens is 1. The fraction of sp³-hybridized carbons (Fsp3) is 0.538. The van der Waals surface area contributed by atoms with Crippen molar-refractivity contribution in [2.75, 3.05) is 25.5 Å². The molecular weight excluding hydrogens is 280 g/mol. The van der Waals surface area contributed by atoms with E-state index in [0.29, 0.717) is 6.54 Å². The zero-order valence-electron chi connectivity index (χ0n) is 10.7. The zero-order valence-corrected chi connectivity index (χ0v) is 12.3. The van der Waals surface area contributed by atoms with E-state index in [1.165, 1.54) is 0 Å². The smallest absolute Gasteiger partial charge is 0.133 e. The summed E-state index contributed by atoms with van der Waals surface area (Å²) < 4.78 is 6.15. The van der Waals surface area contributed by atoms with Gasteiger partial charge in [0.1, 0.15) is 5.75 Å². The van der Waals surface area contributed by atoms with Crippen LogP contribution >= 0.6 is 15.9 Å². The Hall–Kier alpha value is -0.740. The van der Waals surface area contributed by atoms with Gasteiger partial charge in [0.05, 0.1) is 11.6 Å². The van der Waals surface area contributed by atoms with Crippen molar-refractivity contribution in [3.05, 3.63) is 22.7 Å². The first-order chi connectivity index (χ1) is 7.98. The highest BCUT2D eigenvalue weighted by Crippen LogP contribution is 2.28. The largest absolute Gasteiger partial charge is 0.496 e. The zero-order chi connectivity index (χ0) is 12.9. The Morgan fingerprint density at radius 2 is 2.12 bits per heavy atom. The topological polar surface area (TPSA) is 47.3 Å². The van der Waals surface area contributed by atoms with Crippen LogP contribution in [0.2, 0.25) is 0 Å². The van der Waals surface area contributed by atoms with Gasteiger partial charge < -0.3 is 15.8 Å². The molecule has 0 atom stereocenters. The molecule has 0 saturated heterocycles. The molecule has 0 aliphatic carbocycles. The molecule has 3 N–H and O–H groups in total. The number of nitrogens with one attached hydrogen (secondary N) is 1. The van der Waals surface area contributed by atoms with Gasteiger partial charge in [-0.1, -0.05) is 13.8 Å². The molecule has 17 heavy (non-hydrogen) atoms. The molecule has 3 nitrogen and oxygen atoms in total. The predicted octanol–water partition coefficient (Wildman–Crippen LogP) is 3.24. The molecule has 0 fully saturated rings. The van der Waals surface area contributed by atoms with Gasteiger partial charge in [0, 0.05) is 12.2 Å². The van der Waals surface area contributed by atoms with E-state index < -0.39 is 0 Å². The predicted molar refractivity (Wildman–Crippen MR) is 76.6 cm³/mol. The third-order valence-corrected chi connectivity index (χ3v) is 3.45. The second-order valence-corrected chi connectivity index (χ2v) is 5.75. The van der Waals surface area contributed by atoms with Gasteiger partial charge in [-0.25, -0.2) is 0 Å². The lowest BCUT2D eigenvalue weighted by molar-refractivity contribution is 0.358. The molecule has 0 radical (unpaired) electrons. The molecule has 96 valence electrons. The summed E-state index contributed by atoms with van der Waals surface area (Å²) in [7, 11) is 1.66. The highest BCUT2D eigenvalue weighted by atomic mass is 79.9. The molecule has 0 heterocycles. The van der Waals surface area contributed by atoms with Gasteiger partial charge in [0.25, 0.3) is 0 Å². The van der Waals surface area contributed by atoms with Gasteiger partial charge in [0.15, 0.2) is 0 Å². The van der Waals surface area contributed by atoms with Crippen LogP contribution < -0.4 is 15.8 Å². The maximum absolute atomic E-state index is 5.70. The summed E-state index contributed by atoms with van der Waals surface area (Å²) in [5.74, 6) is 0.845. The molecule has 0 aliphatic rings. The fourth-order valence-corrected chi connectivity index (χ4v) is 1.96. The minimum Gasteiger partial charge on any atom is -0.496 e. The van der Waals surface area contributed by atoms with Crippen molar-refractivity contribution in [2.45, 2.75) is 20.3 Å².